The van der Waals surface area contributed by atoms with Crippen molar-refractivity contribution in [3.63, 3.8) is 0 Å². The molecule has 1 aromatic carbocycles. The van der Waals surface area contributed by atoms with Gasteiger partial charge >= 0.3 is 0 Å². The van der Waals surface area contributed by atoms with Crippen LogP contribution in [0.25, 0.3) is 0 Å². The lowest BCUT2D eigenvalue weighted by Crippen LogP contribution is -2.55. The molecule has 0 aromatic heterocycles. The summed E-state index contributed by atoms with van der Waals surface area (Å²) in [4.78, 5) is 23.9. The largest absolute Gasteiger partial charge is 0.334 e. The van der Waals surface area contributed by atoms with Crippen molar-refractivity contribution in [2.45, 2.75) is 31.7 Å². The number of nitrogens with one attached hydrogen (secondary N) is 2. The molecule has 0 fully saturated rings. The smallest absolute Gasteiger partial charge is 0.273 e. The number of benzene rings is 1. The Kier molecular flexibility index (Phi) is 5.93. The lowest BCUT2D eigenvalue weighted by Gasteiger charge is -2.32. The van der Waals surface area contributed by atoms with Crippen LogP contribution in [-0.4, -0.2) is 17.0 Å². The minimum absolute atomic E-state index is 0.388. The summed E-state index contributed by atoms with van der Waals surface area (Å²) in [6.07, 6.45) is 3.07. The fraction of sp³-hybridized carbons (Fsp3) is 0.333. The molecule has 0 aliphatic heterocycles. The standard InChI is InChI=1S/C15H20N2O3/c1-3-5-11-15(14(19)17-20,16-13(18)4-2)12-9-7-6-8-10-12/h4,6-10,20H,2-3,5,11H2,1H3,(H,16,18)(H,17,19). The molecular weight excluding hydrogens is 256 g/mol. The van der Waals surface area contributed by atoms with Crippen molar-refractivity contribution >= 4 is 11.8 Å². The van der Waals surface area contributed by atoms with Crippen LogP contribution in [-0.2, 0) is 15.1 Å². The SMILES string of the molecule is C=CC(=O)NC(CCCC)(C(=O)NO)c1ccccc1. The predicted molar refractivity (Wildman–Crippen MR) is 75.9 cm³/mol. The number of hydroxylamine groups is 1. The lowest BCUT2D eigenvalue weighted by molar-refractivity contribution is -0.140. The summed E-state index contributed by atoms with van der Waals surface area (Å²) in [5, 5.41) is 11.7. The van der Waals surface area contributed by atoms with E-state index in [1.54, 1.807) is 29.7 Å². The van der Waals surface area contributed by atoms with Crippen LogP contribution in [0.1, 0.15) is 31.7 Å². The second kappa shape index (κ2) is 7.45. The number of carbonyl (C=O) groups is 2. The van der Waals surface area contributed by atoms with Crippen LogP contribution in [0.15, 0.2) is 43.0 Å². The minimum Gasteiger partial charge on any atom is -0.334 e. The fourth-order valence-corrected chi connectivity index (χ4v) is 2.10. The van der Waals surface area contributed by atoms with Crippen LogP contribution >= 0.6 is 0 Å². The lowest BCUT2D eigenvalue weighted by atomic mass is 9.84. The average Bonchev–Trinajstić information content (AvgIpc) is 2.51. The molecule has 2 amide bonds. The summed E-state index contributed by atoms with van der Waals surface area (Å²) in [5.41, 5.74) is 0.981. The first-order valence-electron chi connectivity index (χ1n) is 6.55. The highest BCUT2D eigenvalue weighted by Crippen LogP contribution is 2.28. The van der Waals surface area contributed by atoms with Crippen molar-refractivity contribution in [1.82, 2.24) is 10.8 Å². The Bertz CT molecular complexity index is 473. The van der Waals surface area contributed by atoms with Crippen molar-refractivity contribution in [1.29, 1.82) is 0 Å². The summed E-state index contributed by atoms with van der Waals surface area (Å²) in [5.74, 6) is -1.12. The van der Waals surface area contributed by atoms with Gasteiger partial charge in [-0.3, -0.25) is 14.8 Å². The second-order valence-electron chi connectivity index (χ2n) is 4.51. The third-order valence-corrected chi connectivity index (χ3v) is 3.18. The molecule has 20 heavy (non-hydrogen) atoms. The Morgan fingerprint density at radius 1 is 1.35 bits per heavy atom. The predicted octanol–water partition coefficient (Wildman–Crippen LogP) is 1.88. The van der Waals surface area contributed by atoms with Gasteiger partial charge in [-0.05, 0) is 18.1 Å². The van der Waals surface area contributed by atoms with Crippen molar-refractivity contribution < 1.29 is 14.8 Å². The van der Waals surface area contributed by atoms with Gasteiger partial charge < -0.3 is 5.32 Å². The molecule has 3 N–H and O–H groups in total. The highest BCUT2D eigenvalue weighted by atomic mass is 16.5. The van der Waals surface area contributed by atoms with E-state index in [0.29, 0.717) is 12.0 Å². The summed E-state index contributed by atoms with van der Waals surface area (Å²) in [7, 11) is 0. The molecule has 5 nitrogen and oxygen atoms in total. The molecule has 1 rings (SSSR count). The second-order valence-corrected chi connectivity index (χ2v) is 4.51. The van der Waals surface area contributed by atoms with Gasteiger partial charge in [0.05, 0.1) is 0 Å². The van der Waals surface area contributed by atoms with E-state index in [0.717, 1.165) is 18.9 Å². The van der Waals surface area contributed by atoms with Crippen LogP contribution in [0.4, 0.5) is 0 Å². The summed E-state index contributed by atoms with van der Waals surface area (Å²) < 4.78 is 0. The first-order valence-corrected chi connectivity index (χ1v) is 6.55. The maximum absolute atomic E-state index is 12.2. The molecule has 108 valence electrons. The van der Waals surface area contributed by atoms with Gasteiger partial charge in [-0.2, -0.15) is 0 Å². The molecule has 0 saturated carbocycles. The van der Waals surface area contributed by atoms with E-state index in [-0.39, 0.29) is 0 Å². The molecule has 1 aromatic rings. The summed E-state index contributed by atoms with van der Waals surface area (Å²) in [6, 6.07) is 8.87. The fourth-order valence-electron chi connectivity index (χ4n) is 2.10. The van der Waals surface area contributed by atoms with Gasteiger partial charge in [0, 0.05) is 0 Å². The summed E-state index contributed by atoms with van der Waals surface area (Å²) >= 11 is 0. The molecule has 0 saturated heterocycles. The first kappa shape index (κ1) is 15.9. The quantitative estimate of drug-likeness (QED) is 0.404. The van der Waals surface area contributed by atoms with Crippen LogP contribution < -0.4 is 10.8 Å². The average molecular weight is 276 g/mol. The Hall–Kier alpha value is -2.14. The van der Waals surface area contributed by atoms with E-state index < -0.39 is 17.4 Å². The monoisotopic (exact) mass is 276 g/mol. The van der Waals surface area contributed by atoms with Gasteiger partial charge in [0.1, 0.15) is 5.54 Å². The van der Waals surface area contributed by atoms with Crippen molar-refractivity contribution in [2.24, 2.45) is 0 Å². The highest BCUT2D eigenvalue weighted by Gasteiger charge is 2.40. The van der Waals surface area contributed by atoms with Gasteiger partial charge in [0.2, 0.25) is 5.91 Å². The van der Waals surface area contributed by atoms with Crippen LogP contribution in [0.2, 0.25) is 0 Å². The van der Waals surface area contributed by atoms with E-state index in [2.05, 4.69) is 11.9 Å². The highest BCUT2D eigenvalue weighted by molar-refractivity contribution is 5.95. The van der Waals surface area contributed by atoms with E-state index in [9.17, 15) is 9.59 Å². The van der Waals surface area contributed by atoms with Crippen LogP contribution in [0.5, 0.6) is 0 Å². The molecule has 0 spiro atoms. The third kappa shape index (κ3) is 3.45. The van der Waals surface area contributed by atoms with Gasteiger partial charge in [-0.1, -0.05) is 56.7 Å². The van der Waals surface area contributed by atoms with Gasteiger partial charge in [0.25, 0.3) is 5.91 Å². The van der Waals surface area contributed by atoms with E-state index in [1.165, 1.54) is 0 Å². The number of hydrogen-bond donors (Lipinski definition) is 3. The number of carbonyl (C=O) groups excluding carboxylic acids is 2. The number of amides is 2. The van der Waals surface area contributed by atoms with Crippen LogP contribution in [0, 0.1) is 0 Å². The normalized spacial score (nSPS) is 13.1. The molecule has 1 unspecified atom stereocenters. The molecule has 0 aliphatic rings. The number of unbranched alkanes of at least 4 members (excludes halogenated alkanes) is 1. The Labute approximate surface area is 118 Å². The van der Waals surface area contributed by atoms with E-state index in [4.69, 9.17) is 5.21 Å². The van der Waals surface area contributed by atoms with Crippen molar-refractivity contribution in [3.05, 3.63) is 48.6 Å². The molecule has 5 heteroatoms. The Morgan fingerprint density at radius 3 is 2.50 bits per heavy atom. The zero-order valence-electron chi connectivity index (χ0n) is 11.6. The maximum Gasteiger partial charge on any atom is 0.273 e. The molecule has 0 radical (unpaired) electrons. The van der Waals surface area contributed by atoms with Crippen molar-refractivity contribution in [3.8, 4) is 0 Å². The third-order valence-electron chi connectivity index (χ3n) is 3.18. The molecular formula is C15H20N2O3. The molecule has 0 heterocycles. The topological polar surface area (TPSA) is 78.4 Å². The molecule has 0 aliphatic carbocycles. The molecule has 1 atom stereocenters. The first-order chi connectivity index (χ1) is 9.60. The zero-order valence-corrected chi connectivity index (χ0v) is 11.6. The maximum atomic E-state index is 12.2. The molecule has 0 bridgehead atoms. The van der Waals surface area contributed by atoms with Crippen molar-refractivity contribution in [2.75, 3.05) is 0 Å². The van der Waals surface area contributed by atoms with Gasteiger partial charge in [-0.15, -0.1) is 0 Å². The van der Waals surface area contributed by atoms with E-state index in [1.807, 2.05) is 13.0 Å². The number of hydrogen-bond acceptors (Lipinski definition) is 3. The minimum atomic E-state index is -1.29. The van der Waals surface area contributed by atoms with E-state index >= 15 is 0 Å². The Morgan fingerprint density at radius 2 is 2.00 bits per heavy atom. The Balaban J connectivity index is 3.28. The van der Waals surface area contributed by atoms with Crippen LogP contribution in [0.3, 0.4) is 0 Å². The van der Waals surface area contributed by atoms with Gasteiger partial charge in [0.15, 0.2) is 0 Å². The van der Waals surface area contributed by atoms with Gasteiger partial charge in [-0.25, -0.2) is 5.48 Å². The summed E-state index contributed by atoms with van der Waals surface area (Å²) in [6.45, 7) is 5.39. The zero-order chi connectivity index (χ0) is 15.0. The number of rotatable bonds is 7.